The Morgan fingerprint density at radius 3 is 2.52 bits per heavy atom. The minimum absolute atomic E-state index is 0.0342. The zero-order chi connectivity index (χ0) is 23.4. The molecule has 3 aromatic carbocycles. The summed E-state index contributed by atoms with van der Waals surface area (Å²) in [6, 6.07) is 17.7. The van der Waals surface area contributed by atoms with Gasteiger partial charge in [0.05, 0.1) is 23.7 Å². The fraction of sp³-hybridized carbons (Fsp3) is 0.208. The summed E-state index contributed by atoms with van der Waals surface area (Å²) >= 11 is 0. The second-order valence-corrected chi connectivity index (χ2v) is 9.11. The lowest BCUT2D eigenvalue weighted by Crippen LogP contribution is -2.27. The van der Waals surface area contributed by atoms with Crippen LogP contribution in [0.5, 0.6) is 17.2 Å². The summed E-state index contributed by atoms with van der Waals surface area (Å²) < 4.78 is 44.6. The van der Waals surface area contributed by atoms with Crippen LogP contribution in [0, 0.1) is 0 Å². The molecule has 1 amide bonds. The highest BCUT2D eigenvalue weighted by atomic mass is 32.2. The Morgan fingerprint density at radius 2 is 1.73 bits per heavy atom. The number of fused-ring (bicyclic) bond motifs is 1. The number of carbonyl (C=O) groups is 1. The first kappa shape index (κ1) is 22.5. The second kappa shape index (κ2) is 9.41. The van der Waals surface area contributed by atoms with E-state index in [4.69, 9.17) is 14.2 Å². The van der Waals surface area contributed by atoms with Crippen LogP contribution in [0.4, 0.5) is 5.69 Å². The highest BCUT2D eigenvalue weighted by Gasteiger charge is 2.20. The number of benzene rings is 3. The van der Waals surface area contributed by atoms with Gasteiger partial charge in [0.15, 0.2) is 11.5 Å². The smallest absolute Gasteiger partial charge is 0.262 e. The van der Waals surface area contributed by atoms with Gasteiger partial charge in [-0.15, -0.1) is 0 Å². The number of methoxy groups -OCH3 is 1. The molecule has 0 spiro atoms. The van der Waals surface area contributed by atoms with Gasteiger partial charge in [0.25, 0.3) is 15.9 Å². The molecular weight excluding hydrogens is 444 g/mol. The van der Waals surface area contributed by atoms with E-state index in [0.29, 0.717) is 36.1 Å². The van der Waals surface area contributed by atoms with Crippen molar-refractivity contribution in [1.29, 1.82) is 0 Å². The molecule has 9 heteroatoms. The average Bonchev–Trinajstić information content (AvgIpc) is 2.84. The molecule has 0 bridgehead atoms. The molecule has 0 fully saturated rings. The van der Waals surface area contributed by atoms with Gasteiger partial charge in [0.2, 0.25) is 0 Å². The SMILES string of the molecule is COc1ccccc1NS(=O)(=O)c1cccc(C(=O)NC(C)c2ccc3c(c2)OCCO3)c1. The molecule has 172 valence electrons. The largest absolute Gasteiger partial charge is 0.495 e. The molecule has 0 saturated heterocycles. The molecule has 3 aromatic rings. The molecule has 0 aromatic heterocycles. The van der Waals surface area contributed by atoms with Gasteiger partial charge < -0.3 is 19.5 Å². The number of ether oxygens (including phenoxy) is 3. The molecular formula is C24H24N2O6S. The summed E-state index contributed by atoms with van der Waals surface area (Å²) in [5, 5.41) is 2.90. The maximum absolute atomic E-state index is 12.9. The van der Waals surface area contributed by atoms with Crippen molar-refractivity contribution < 1.29 is 27.4 Å². The van der Waals surface area contributed by atoms with Gasteiger partial charge in [0.1, 0.15) is 19.0 Å². The van der Waals surface area contributed by atoms with E-state index in [0.717, 1.165) is 5.56 Å². The number of sulfonamides is 1. The summed E-state index contributed by atoms with van der Waals surface area (Å²) in [6.45, 7) is 2.82. The van der Waals surface area contributed by atoms with Crippen LogP contribution in [0.2, 0.25) is 0 Å². The van der Waals surface area contributed by atoms with E-state index in [2.05, 4.69) is 10.0 Å². The lowest BCUT2D eigenvalue weighted by molar-refractivity contribution is 0.0939. The Morgan fingerprint density at radius 1 is 0.970 bits per heavy atom. The minimum atomic E-state index is -3.93. The quantitative estimate of drug-likeness (QED) is 0.547. The molecule has 0 aliphatic carbocycles. The van der Waals surface area contributed by atoms with Gasteiger partial charge in [-0.05, 0) is 55.0 Å². The maximum Gasteiger partial charge on any atom is 0.262 e. The Balaban J connectivity index is 1.50. The van der Waals surface area contributed by atoms with Crippen molar-refractivity contribution in [2.45, 2.75) is 17.9 Å². The molecule has 2 N–H and O–H groups in total. The molecule has 0 saturated carbocycles. The van der Waals surface area contributed by atoms with Gasteiger partial charge in [-0.25, -0.2) is 8.42 Å². The summed E-state index contributed by atoms with van der Waals surface area (Å²) in [6.07, 6.45) is 0. The number of nitrogens with one attached hydrogen (secondary N) is 2. The Bertz CT molecular complexity index is 1280. The van der Waals surface area contributed by atoms with Gasteiger partial charge in [0, 0.05) is 5.56 Å². The lowest BCUT2D eigenvalue weighted by Gasteiger charge is -2.21. The van der Waals surface area contributed by atoms with Crippen LogP contribution in [0.25, 0.3) is 0 Å². The third-order valence-corrected chi connectivity index (χ3v) is 6.53. The molecule has 33 heavy (non-hydrogen) atoms. The Labute approximate surface area is 192 Å². The summed E-state index contributed by atoms with van der Waals surface area (Å²) in [5.41, 5.74) is 1.37. The third-order valence-electron chi connectivity index (χ3n) is 5.17. The molecule has 1 unspecified atom stereocenters. The van der Waals surface area contributed by atoms with E-state index < -0.39 is 15.9 Å². The van der Waals surface area contributed by atoms with Gasteiger partial charge in [-0.2, -0.15) is 0 Å². The third kappa shape index (κ3) is 5.04. The molecule has 8 nitrogen and oxygen atoms in total. The number of rotatable bonds is 7. The van der Waals surface area contributed by atoms with Crippen molar-refractivity contribution in [2.24, 2.45) is 0 Å². The van der Waals surface area contributed by atoms with Crippen molar-refractivity contribution >= 4 is 21.6 Å². The minimum Gasteiger partial charge on any atom is -0.495 e. The van der Waals surface area contributed by atoms with Gasteiger partial charge in [-0.1, -0.05) is 24.3 Å². The molecule has 1 aliphatic heterocycles. The molecule has 4 rings (SSSR count). The normalized spacial score (nSPS) is 13.6. The maximum atomic E-state index is 12.9. The first-order valence-electron chi connectivity index (χ1n) is 10.3. The van der Waals surface area contributed by atoms with Crippen LogP contribution < -0.4 is 24.2 Å². The molecule has 1 aliphatic rings. The first-order valence-corrected chi connectivity index (χ1v) is 11.8. The highest BCUT2D eigenvalue weighted by Crippen LogP contribution is 2.32. The number of hydrogen-bond acceptors (Lipinski definition) is 6. The zero-order valence-electron chi connectivity index (χ0n) is 18.2. The number of anilines is 1. The van der Waals surface area contributed by atoms with Crippen molar-refractivity contribution in [3.63, 3.8) is 0 Å². The highest BCUT2D eigenvalue weighted by molar-refractivity contribution is 7.92. The van der Waals surface area contributed by atoms with Crippen LogP contribution >= 0.6 is 0 Å². The van der Waals surface area contributed by atoms with Gasteiger partial charge in [-0.3, -0.25) is 9.52 Å². The molecule has 1 atom stereocenters. The molecule has 1 heterocycles. The van der Waals surface area contributed by atoms with Gasteiger partial charge >= 0.3 is 0 Å². The summed E-state index contributed by atoms with van der Waals surface area (Å²) in [5.74, 6) is 1.30. The number of amides is 1. The Kier molecular flexibility index (Phi) is 6.41. The molecule has 0 radical (unpaired) electrons. The Hall–Kier alpha value is -3.72. The van der Waals surface area contributed by atoms with Crippen LogP contribution in [-0.2, 0) is 10.0 Å². The number of hydrogen-bond donors (Lipinski definition) is 2. The van der Waals surface area contributed by atoms with E-state index in [-0.39, 0.29) is 16.5 Å². The van der Waals surface area contributed by atoms with Crippen LogP contribution in [0.15, 0.2) is 71.6 Å². The van der Waals surface area contributed by atoms with E-state index in [1.54, 1.807) is 30.3 Å². The van der Waals surface area contributed by atoms with Crippen LogP contribution in [-0.4, -0.2) is 34.6 Å². The van der Waals surface area contributed by atoms with E-state index in [1.165, 1.54) is 25.3 Å². The fourth-order valence-corrected chi connectivity index (χ4v) is 4.55. The number of para-hydroxylation sites is 2. The van der Waals surface area contributed by atoms with Crippen molar-refractivity contribution in [3.8, 4) is 17.2 Å². The van der Waals surface area contributed by atoms with Crippen molar-refractivity contribution in [2.75, 3.05) is 25.0 Å². The standard InChI is InChI=1S/C24H24N2O6S/c1-16(17-10-11-22-23(15-17)32-13-12-31-22)25-24(27)18-6-5-7-19(14-18)33(28,29)26-20-8-3-4-9-21(20)30-2/h3-11,14-16,26H,12-13H2,1-2H3,(H,25,27). The van der Waals surface area contributed by atoms with Crippen LogP contribution in [0.3, 0.4) is 0 Å². The topological polar surface area (TPSA) is 103 Å². The van der Waals surface area contributed by atoms with Crippen molar-refractivity contribution in [3.05, 3.63) is 77.9 Å². The summed E-state index contributed by atoms with van der Waals surface area (Å²) in [4.78, 5) is 12.8. The average molecular weight is 469 g/mol. The summed E-state index contributed by atoms with van der Waals surface area (Å²) in [7, 11) is -2.47. The predicted octanol–water partition coefficient (Wildman–Crippen LogP) is 3.76. The van der Waals surface area contributed by atoms with E-state index in [9.17, 15) is 13.2 Å². The predicted molar refractivity (Wildman–Crippen MR) is 124 cm³/mol. The van der Waals surface area contributed by atoms with Crippen molar-refractivity contribution in [1.82, 2.24) is 5.32 Å². The van der Waals surface area contributed by atoms with E-state index >= 15 is 0 Å². The lowest BCUT2D eigenvalue weighted by atomic mass is 10.1. The first-order chi connectivity index (χ1) is 15.9. The number of carbonyl (C=O) groups excluding carboxylic acids is 1. The second-order valence-electron chi connectivity index (χ2n) is 7.43. The van der Waals surface area contributed by atoms with E-state index in [1.807, 2.05) is 25.1 Å². The fourth-order valence-electron chi connectivity index (χ4n) is 3.43. The van der Waals surface area contributed by atoms with Crippen LogP contribution in [0.1, 0.15) is 28.9 Å². The monoisotopic (exact) mass is 468 g/mol. The zero-order valence-corrected chi connectivity index (χ0v) is 19.0.